The zero-order chi connectivity index (χ0) is 14.6. The van der Waals surface area contributed by atoms with Crippen molar-refractivity contribution in [3.63, 3.8) is 0 Å². The summed E-state index contributed by atoms with van der Waals surface area (Å²) in [6, 6.07) is 0.887. The molecule has 0 aliphatic heterocycles. The van der Waals surface area contributed by atoms with Crippen molar-refractivity contribution in [3.8, 4) is 5.75 Å². The Kier molecular flexibility index (Phi) is 4.57. The fraction of sp³-hybridized carbons (Fsp3) is 0.455. The summed E-state index contributed by atoms with van der Waals surface area (Å²) in [5.41, 5.74) is -0.521. The van der Waals surface area contributed by atoms with E-state index in [4.69, 9.17) is 0 Å². The van der Waals surface area contributed by atoms with E-state index in [2.05, 4.69) is 14.5 Å². The fourth-order valence-electron chi connectivity index (χ4n) is 1.40. The van der Waals surface area contributed by atoms with E-state index in [1.165, 1.54) is 6.92 Å². The van der Waals surface area contributed by atoms with Crippen molar-refractivity contribution in [2.75, 3.05) is 6.61 Å². The predicted octanol–water partition coefficient (Wildman–Crippen LogP) is 1.69. The first-order valence-electron chi connectivity index (χ1n) is 5.37. The van der Waals surface area contributed by atoms with Crippen LogP contribution in [0.5, 0.6) is 5.75 Å². The maximum absolute atomic E-state index is 12.1. The molecule has 0 amide bonds. The molecule has 1 N–H and O–H groups in total. The van der Waals surface area contributed by atoms with Crippen LogP contribution in [0.3, 0.4) is 0 Å². The molecule has 0 radical (unpaired) electrons. The Hall–Kier alpha value is -1.99. The third-order valence-corrected chi connectivity index (χ3v) is 2.18. The van der Waals surface area contributed by atoms with Crippen LogP contribution in [0.15, 0.2) is 10.9 Å². The Morgan fingerprint density at radius 3 is 2.58 bits per heavy atom. The number of rotatable bonds is 4. The van der Waals surface area contributed by atoms with Crippen LogP contribution in [0.2, 0.25) is 0 Å². The van der Waals surface area contributed by atoms with Crippen molar-refractivity contribution in [1.82, 2.24) is 4.98 Å². The van der Waals surface area contributed by atoms with Crippen molar-refractivity contribution >= 4 is 5.97 Å². The summed E-state index contributed by atoms with van der Waals surface area (Å²) in [7, 11) is 0. The lowest BCUT2D eigenvalue weighted by atomic mass is 10.1. The van der Waals surface area contributed by atoms with E-state index in [9.17, 15) is 22.8 Å². The molecule has 1 heterocycles. The number of carbonyl (C=O) groups is 1. The number of halogens is 3. The van der Waals surface area contributed by atoms with Crippen LogP contribution in [-0.4, -0.2) is 23.9 Å². The Labute approximate surface area is 106 Å². The highest BCUT2D eigenvalue weighted by Gasteiger charge is 2.32. The molecule has 0 saturated carbocycles. The van der Waals surface area contributed by atoms with Gasteiger partial charge in [0.1, 0.15) is 0 Å². The first kappa shape index (κ1) is 15.1. The first-order valence-corrected chi connectivity index (χ1v) is 5.37. The number of ether oxygens (including phenoxy) is 2. The predicted molar refractivity (Wildman–Crippen MR) is 58.8 cm³/mol. The van der Waals surface area contributed by atoms with Crippen LogP contribution in [-0.2, 0) is 16.0 Å². The van der Waals surface area contributed by atoms with Crippen LogP contribution < -0.4 is 10.3 Å². The SMILES string of the molecule is CCOC(=O)Cc1cc(OC(F)(F)F)c(=O)[nH]c1C. The van der Waals surface area contributed by atoms with Gasteiger partial charge < -0.3 is 14.5 Å². The van der Waals surface area contributed by atoms with Crippen molar-refractivity contribution in [2.45, 2.75) is 26.6 Å². The summed E-state index contributed by atoms with van der Waals surface area (Å²) in [6.45, 7) is 3.23. The average Bonchev–Trinajstić information content (AvgIpc) is 2.23. The third kappa shape index (κ3) is 4.65. The quantitative estimate of drug-likeness (QED) is 0.851. The second-order valence-electron chi connectivity index (χ2n) is 3.64. The molecule has 0 aromatic carbocycles. The van der Waals surface area contributed by atoms with Crippen LogP contribution in [0.25, 0.3) is 0 Å². The molecule has 19 heavy (non-hydrogen) atoms. The number of aryl methyl sites for hydroxylation is 1. The lowest BCUT2D eigenvalue weighted by Crippen LogP contribution is -2.24. The third-order valence-electron chi connectivity index (χ3n) is 2.18. The highest BCUT2D eigenvalue weighted by Crippen LogP contribution is 2.21. The number of nitrogens with one attached hydrogen (secondary N) is 1. The summed E-state index contributed by atoms with van der Waals surface area (Å²) in [4.78, 5) is 24.7. The number of hydrogen-bond acceptors (Lipinski definition) is 4. The van der Waals surface area contributed by atoms with Crippen molar-refractivity contribution in [1.29, 1.82) is 0 Å². The van der Waals surface area contributed by atoms with E-state index in [0.29, 0.717) is 0 Å². The molecule has 5 nitrogen and oxygen atoms in total. The second kappa shape index (κ2) is 5.77. The Bertz CT molecular complexity index is 522. The van der Waals surface area contributed by atoms with E-state index in [-0.39, 0.29) is 24.3 Å². The molecule has 0 atom stereocenters. The van der Waals surface area contributed by atoms with E-state index in [1.807, 2.05) is 0 Å². The Morgan fingerprint density at radius 2 is 2.05 bits per heavy atom. The van der Waals surface area contributed by atoms with Gasteiger partial charge >= 0.3 is 12.3 Å². The minimum absolute atomic E-state index is 0.160. The van der Waals surface area contributed by atoms with Gasteiger partial charge in [0.25, 0.3) is 5.56 Å². The van der Waals surface area contributed by atoms with Crippen molar-refractivity contribution < 1.29 is 27.4 Å². The van der Waals surface area contributed by atoms with Gasteiger partial charge in [-0.1, -0.05) is 0 Å². The van der Waals surface area contributed by atoms with Gasteiger partial charge in [-0.3, -0.25) is 9.59 Å². The molecule has 0 bridgehead atoms. The standard InChI is InChI=1S/C11H12F3NO4/c1-3-18-9(16)5-7-4-8(19-11(12,13)14)10(17)15-6(7)2/h4H,3,5H2,1-2H3,(H,15,17). The zero-order valence-corrected chi connectivity index (χ0v) is 10.3. The number of hydrogen-bond donors (Lipinski definition) is 1. The summed E-state index contributed by atoms with van der Waals surface area (Å²) in [6.07, 6.45) is -5.21. The molecule has 1 aromatic rings. The van der Waals surface area contributed by atoms with Crippen LogP contribution in [0.1, 0.15) is 18.2 Å². The van der Waals surface area contributed by atoms with Gasteiger partial charge in [0, 0.05) is 5.69 Å². The first-order chi connectivity index (χ1) is 8.73. The Morgan fingerprint density at radius 1 is 1.42 bits per heavy atom. The van der Waals surface area contributed by atoms with Crippen LogP contribution in [0, 0.1) is 6.92 Å². The minimum atomic E-state index is -4.97. The molecule has 0 unspecified atom stereocenters. The van der Waals surface area contributed by atoms with Crippen molar-refractivity contribution in [2.24, 2.45) is 0 Å². The monoisotopic (exact) mass is 279 g/mol. The molecule has 0 aliphatic carbocycles. The summed E-state index contributed by atoms with van der Waals surface area (Å²) < 4.78 is 44.5. The fourth-order valence-corrected chi connectivity index (χ4v) is 1.40. The summed E-state index contributed by atoms with van der Waals surface area (Å²) >= 11 is 0. The smallest absolute Gasteiger partial charge is 0.466 e. The lowest BCUT2D eigenvalue weighted by Gasteiger charge is -2.11. The highest BCUT2D eigenvalue weighted by molar-refractivity contribution is 5.73. The molecule has 106 valence electrons. The number of carbonyl (C=O) groups excluding carboxylic acids is 1. The molecular formula is C11H12F3NO4. The lowest BCUT2D eigenvalue weighted by molar-refractivity contribution is -0.275. The van der Waals surface area contributed by atoms with E-state index in [0.717, 1.165) is 6.07 Å². The van der Waals surface area contributed by atoms with Crippen molar-refractivity contribution in [3.05, 3.63) is 27.7 Å². The topological polar surface area (TPSA) is 68.4 Å². The number of esters is 1. The molecule has 0 aliphatic rings. The van der Waals surface area contributed by atoms with Gasteiger partial charge in [-0.25, -0.2) is 0 Å². The zero-order valence-electron chi connectivity index (χ0n) is 10.3. The van der Waals surface area contributed by atoms with Gasteiger partial charge in [0.05, 0.1) is 13.0 Å². The van der Waals surface area contributed by atoms with Crippen LogP contribution in [0.4, 0.5) is 13.2 Å². The summed E-state index contributed by atoms with van der Waals surface area (Å²) in [5, 5.41) is 0. The average molecular weight is 279 g/mol. The maximum Gasteiger partial charge on any atom is 0.573 e. The van der Waals surface area contributed by atoms with E-state index < -0.39 is 23.6 Å². The van der Waals surface area contributed by atoms with Crippen LogP contribution >= 0.6 is 0 Å². The Balaban J connectivity index is 3.03. The van der Waals surface area contributed by atoms with E-state index in [1.54, 1.807) is 6.92 Å². The van der Waals surface area contributed by atoms with Gasteiger partial charge in [0.15, 0.2) is 5.75 Å². The second-order valence-corrected chi connectivity index (χ2v) is 3.64. The maximum atomic E-state index is 12.1. The van der Waals surface area contributed by atoms with Gasteiger partial charge in [0.2, 0.25) is 0 Å². The number of aromatic nitrogens is 1. The number of pyridine rings is 1. The molecule has 0 spiro atoms. The molecule has 8 heteroatoms. The van der Waals surface area contributed by atoms with Gasteiger partial charge in [-0.15, -0.1) is 13.2 Å². The van der Waals surface area contributed by atoms with Gasteiger partial charge in [-0.05, 0) is 25.5 Å². The molecule has 0 fully saturated rings. The minimum Gasteiger partial charge on any atom is -0.466 e. The number of alkyl halides is 3. The molecule has 1 rings (SSSR count). The normalized spacial score (nSPS) is 11.2. The summed E-state index contributed by atoms with van der Waals surface area (Å²) in [5.74, 6) is -1.51. The highest BCUT2D eigenvalue weighted by atomic mass is 19.4. The molecule has 1 aromatic heterocycles. The molecule has 0 saturated heterocycles. The molecular weight excluding hydrogens is 267 g/mol. The van der Waals surface area contributed by atoms with Gasteiger partial charge in [-0.2, -0.15) is 0 Å². The van der Waals surface area contributed by atoms with E-state index >= 15 is 0 Å². The number of aromatic amines is 1. The number of H-pyrrole nitrogens is 1. The largest absolute Gasteiger partial charge is 0.573 e.